The van der Waals surface area contributed by atoms with Crippen LogP contribution in [0.25, 0.3) is 0 Å². The summed E-state index contributed by atoms with van der Waals surface area (Å²) in [7, 11) is 1.80. The third-order valence-electron chi connectivity index (χ3n) is 3.91. The van der Waals surface area contributed by atoms with Gasteiger partial charge in [-0.3, -0.25) is 10.00 Å². The Morgan fingerprint density at radius 3 is 2.86 bits per heavy atom. The number of thioether (sulfide) groups is 1. The summed E-state index contributed by atoms with van der Waals surface area (Å²) in [6.07, 6.45) is 2.96. The number of fused-ring (bicyclic) bond motifs is 1. The first-order valence-corrected chi connectivity index (χ1v) is 8.38. The maximum atomic E-state index is 12.3. The monoisotopic (exact) mass is 317 g/mol. The van der Waals surface area contributed by atoms with Crippen molar-refractivity contribution >= 4 is 23.7 Å². The molecule has 0 saturated carbocycles. The second kappa shape index (κ2) is 6.00. The number of hydrogen-bond donors (Lipinski definition) is 1. The first-order chi connectivity index (χ1) is 10.6. The molecule has 1 aliphatic heterocycles. The number of carbonyl (C=O) groups is 1. The van der Waals surface area contributed by atoms with Gasteiger partial charge in [-0.05, 0) is 42.9 Å². The largest absolute Gasteiger partial charge is 0.324 e. The molecule has 0 bridgehead atoms. The van der Waals surface area contributed by atoms with E-state index in [4.69, 9.17) is 0 Å². The molecule has 1 aromatic heterocycles. The minimum atomic E-state index is -0.148. The van der Waals surface area contributed by atoms with Crippen LogP contribution >= 0.6 is 11.8 Å². The third kappa shape index (κ3) is 2.94. The molecule has 1 N–H and O–H groups in total. The van der Waals surface area contributed by atoms with E-state index in [1.54, 1.807) is 28.4 Å². The number of nitrogens with one attached hydrogen (secondary N) is 1. The minimum absolute atomic E-state index is 0.148. The molecule has 1 aliphatic rings. The van der Waals surface area contributed by atoms with Crippen LogP contribution in [0.1, 0.15) is 17.0 Å². The predicted molar refractivity (Wildman–Crippen MR) is 87.1 cm³/mol. The molecule has 6 nitrogen and oxygen atoms in total. The van der Waals surface area contributed by atoms with Crippen molar-refractivity contribution < 1.29 is 4.79 Å². The van der Waals surface area contributed by atoms with Crippen molar-refractivity contribution in [1.82, 2.24) is 19.7 Å². The molecule has 0 fully saturated rings. The highest BCUT2D eigenvalue weighted by Gasteiger charge is 2.22. The predicted octanol–water partition coefficient (Wildman–Crippen LogP) is 2.44. The van der Waals surface area contributed by atoms with Crippen LogP contribution in [0.15, 0.2) is 23.1 Å². The van der Waals surface area contributed by atoms with Gasteiger partial charge in [0.05, 0.1) is 0 Å². The number of aromatic nitrogens is 3. The molecular weight excluding hydrogens is 298 g/mol. The van der Waals surface area contributed by atoms with E-state index in [-0.39, 0.29) is 6.03 Å². The summed E-state index contributed by atoms with van der Waals surface area (Å²) in [6.45, 7) is 3.19. The Morgan fingerprint density at radius 2 is 2.18 bits per heavy atom. The van der Waals surface area contributed by atoms with Crippen molar-refractivity contribution in [3.63, 3.8) is 0 Å². The van der Waals surface area contributed by atoms with Crippen molar-refractivity contribution in [2.45, 2.75) is 24.8 Å². The summed E-state index contributed by atoms with van der Waals surface area (Å²) in [5.41, 5.74) is 2.55. The Morgan fingerprint density at radius 1 is 1.36 bits per heavy atom. The Kier molecular flexibility index (Phi) is 4.06. The second-order valence-corrected chi connectivity index (χ2v) is 6.22. The van der Waals surface area contributed by atoms with Crippen LogP contribution in [0, 0.1) is 6.92 Å². The average Bonchev–Trinajstić information content (AvgIpc) is 2.84. The van der Waals surface area contributed by atoms with E-state index >= 15 is 0 Å². The fourth-order valence-electron chi connectivity index (χ4n) is 2.52. The van der Waals surface area contributed by atoms with Crippen molar-refractivity contribution in [3.05, 3.63) is 35.2 Å². The quantitative estimate of drug-likeness (QED) is 0.864. The fraction of sp³-hybridized carbons (Fsp3) is 0.400. The van der Waals surface area contributed by atoms with Crippen LogP contribution < -0.4 is 5.32 Å². The van der Waals surface area contributed by atoms with Gasteiger partial charge in [0.25, 0.3) is 0 Å². The van der Waals surface area contributed by atoms with Crippen molar-refractivity contribution in [3.8, 4) is 0 Å². The Bertz CT molecular complexity index is 692. The summed E-state index contributed by atoms with van der Waals surface area (Å²) in [6, 6.07) is 6.29. The molecule has 22 heavy (non-hydrogen) atoms. The average molecular weight is 317 g/mol. The molecule has 0 spiro atoms. The third-order valence-corrected chi connectivity index (χ3v) is 4.64. The van der Waals surface area contributed by atoms with Crippen molar-refractivity contribution in [2.75, 3.05) is 18.1 Å². The first-order valence-electron chi connectivity index (χ1n) is 7.16. The van der Waals surface area contributed by atoms with Gasteiger partial charge in [0, 0.05) is 25.0 Å². The van der Waals surface area contributed by atoms with E-state index in [2.05, 4.69) is 39.9 Å². The number of amides is 2. The number of nitrogens with zero attached hydrogens (tertiary/aromatic N) is 4. The zero-order valence-corrected chi connectivity index (χ0v) is 13.8. The lowest BCUT2D eigenvalue weighted by molar-refractivity contribution is 0.206. The number of carbonyl (C=O) groups excluding carboxylic acids is 1. The maximum absolute atomic E-state index is 12.3. The molecule has 1 aromatic carbocycles. The molecule has 2 aromatic rings. The van der Waals surface area contributed by atoms with E-state index in [1.165, 1.54) is 16.0 Å². The molecule has 7 heteroatoms. The molecule has 0 saturated heterocycles. The van der Waals surface area contributed by atoms with Gasteiger partial charge in [-0.15, -0.1) is 16.9 Å². The van der Waals surface area contributed by atoms with Gasteiger partial charge >= 0.3 is 6.03 Å². The Labute approximate surface area is 133 Å². The molecule has 0 radical (unpaired) electrons. The zero-order chi connectivity index (χ0) is 15.7. The molecular formula is C15H19N5OS. The SMILES string of the molecule is CSc1ccc2c(c1)CCN(C(=O)Nc1nc(C)n(C)n1)C2. The topological polar surface area (TPSA) is 63.1 Å². The van der Waals surface area contributed by atoms with Gasteiger partial charge < -0.3 is 4.90 Å². The van der Waals surface area contributed by atoms with Crippen LogP contribution in [-0.2, 0) is 20.0 Å². The highest BCUT2D eigenvalue weighted by Crippen LogP contribution is 2.24. The molecule has 116 valence electrons. The summed E-state index contributed by atoms with van der Waals surface area (Å²) in [5.74, 6) is 1.12. The van der Waals surface area contributed by atoms with Crippen molar-refractivity contribution in [2.24, 2.45) is 7.05 Å². The van der Waals surface area contributed by atoms with Crippen LogP contribution in [0.4, 0.5) is 10.7 Å². The Balaban J connectivity index is 1.69. The highest BCUT2D eigenvalue weighted by molar-refractivity contribution is 7.98. The zero-order valence-electron chi connectivity index (χ0n) is 13.0. The van der Waals surface area contributed by atoms with E-state index in [9.17, 15) is 4.79 Å². The summed E-state index contributed by atoms with van der Waals surface area (Å²) in [4.78, 5) is 19.6. The first kappa shape index (κ1) is 14.9. The fourth-order valence-corrected chi connectivity index (χ4v) is 2.98. The van der Waals surface area contributed by atoms with Gasteiger partial charge in [0.15, 0.2) is 0 Å². The van der Waals surface area contributed by atoms with Crippen LogP contribution in [-0.4, -0.2) is 38.5 Å². The van der Waals surface area contributed by atoms with Gasteiger partial charge in [-0.2, -0.15) is 4.98 Å². The standard InChI is InChI=1S/C15H19N5OS/c1-10-16-14(18-19(10)2)17-15(21)20-7-6-11-8-13(22-3)5-4-12(11)9-20/h4-5,8H,6-7,9H2,1-3H3,(H,17,18,21). The molecule has 2 heterocycles. The van der Waals surface area contributed by atoms with E-state index in [1.807, 2.05) is 6.92 Å². The van der Waals surface area contributed by atoms with Gasteiger partial charge in [0.1, 0.15) is 5.82 Å². The normalized spacial score (nSPS) is 13.9. The summed E-state index contributed by atoms with van der Waals surface area (Å²) >= 11 is 1.74. The smallest absolute Gasteiger partial charge is 0.320 e. The number of rotatable bonds is 2. The molecule has 3 rings (SSSR count). The lowest BCUT2D eigenvalue weighted by Crippen LogP contribution is -2.39. The van der Waals surface area contributed by atoms with E-state index < -0.39 is 0 Å². The van der Waals surface area contributed by atoms with Crippen molar-refractivity contribution in [1.29, 1.82) is 0 Å². The number of urea groups is 1. The Hall–Kier alpha value is -2.02. The lowest BCUT2D eigenvalue weighted by atomic mass is 10.0. The van der Waals surface area contributed by atoms with Crippen LogP contribution in [0.3, 0.4) is 0 Å². The van der Waals surface area contributed by atoms with E-state index in [0.717, 1.165) is 12.2 Å². The second-order valence-electron chi connectivity index (χ2n) is 5.34. The number of hydrogen-bond acceptors (Lipinski definition) is 4. The number of aryl methyl sites for hydroxylation is 2. The van der Waals surface area contributed by atoms with Crippen LogP contribution in [0.2, 0.25) is 0 Å². The number of benzene rings is 1. The van der Waals surface area contributed by atoms with Gasteiger partial charge in [0.2, 0.25) is 5.95 Å². The number of anilines is 1. The summed E-state index contributed by atoms with van der Waals surface area (Å²) in [5, 5.41) is 6.92. The van der Waals surface area contributed by atoms with Gasteiger partial charge in [-0.1, -0.05) is 6.07 Å². The summed E-state index contributed by atoms with van der Waals surface area (Å²) < 4.78 is 1.64. The molecule has 0 aliphatic carbocycles. The van der Waals surface area contributed by atoms with E-state index in [0.29, 0.717) is 19.0 Å². The molecule has 2 amide bonds. The minimum Gasteiger partial charge on any atom is -0.320 e. The maximum Gasteiger partial charge on any atom is 0.324 e. The highest BCUT2D eigenvalue weighted by atomic mass is 32.2. The van der Waals surface area contributed by atoms with Gasteiger partial charge in [-0.25, -0.2) is 4.79 Å². The van der Waals surface area contributed by atoms with Crippen LogP contribution in [0.5, 0.6) is 0 Å². The molecule has 0 unspecified atom stereocenters. The molecule has 0 atom stereocenters. The lowest BCUT2D eigenvalue weighted by Gasteiger charge is -2.28.